The SMILES string of the molecule is COC(=O)c1ccccc1NC(=O)C1c2ccccc2Oc2ccccc21. The molecule has 3 aromatic rings. The summed E-state index contributed by atoms with van der Waals surface area (Å²) in [4.78, 5) is 25.2. The van der Waals surface area contributed by atoms with Crippen LogP contribution >= 0.6 is 0 Å². The molecular weight excluding hydrogens is 342 g/mol. The first-order chi connectivity index (χ1) is 13.2. The molecule has 0 atom stereocenters. The minimum atomic E-state index is -0.545. The number of rotatable bonds is 3. The van der Waals surface area contributed by atoms with Crippen molar-refractivity contribution in [2.75, 3.05) is 12.4 Å². The molecule has 4 rings (SSSR count). The molecule has 1 N–H and O–H groups in total. The monoisotopic (exact) mass is 359 g/mol. The van der Waals surface area contributed by atoms with Gasteiger partial charge in [0.15, 0.2) is 0 Å². The zero-order chi connectivity index (χ0) is 18.8. The highest BCUT2D eigenvalue weighted by Gasteiger charge is 2.32. The molecule has 5 nitrogen and oxygen atoms in total. The third-order valence-electron chi connectivity index (χ3n) is 4.53. The minimum Gasteiger partial charge on any atom is -0.465 e. The Labute approximate surface area is 156 Å². The largest absolute Gasteiger partial charge is 0.465 e. The van der Waals surface area contributed by atoms with Crippen molar-refractivity contribution in [2.24, 2.45) is 0 Å². The number of amides is 1. The van der Waals surface area contributed by atoms with E-state index in [0.29, 0.717) is 22.7 Å². The highest BCUT2D eigenvalue weighted by Crippen LogP contribution is 2.44. The Kier molecular flexibility index (Phi) is 4.34. The van der Waals surface area contributed by atoms with Crippen LogP contribution in [-0.2, 0) is 9.53 Å². The van der Waals surface area contributed by atoms with E-state index in [1.54, 1.807) is 24.3 Å². The van der Waals surface area contributed by atoms with Crippen LogP contribution in [0.2, 0.25) is 0 Å². The molecule has 3 aromatic carbocycles. The quantitative estimate of drug-likeness (QED) is 0.706. The van der Waals surface area contributed by atoms with Gasteiger partial charge in [-0.25, -0.2) is 4.79 Å². The van der Waals surface area contributed by atoms with Crippen LogP contribution in [0, 0.1) is 0 Å². The molecular formula is C22H17NO4. The van der Waals surface area contributed by atoms with Gasteiger partial charge in [0.25, 0.3) is 0 Å². The summed E-state index contributed by atoms with van der Waals surface area (Å²) in [6.45, 7) is 0. The Bertz CT molecular complexity index is 983. The first-order valence-electron chi connectivity index (χ1n) is 8.53. The van der Waals surface area contributed by atoms with Crippen molar-refractivity contribution in [3.63, 3.8) is 0 Å². The molecule has 0 unspecified atom stereocenters. The summed E-state index contributed by atoms with van der Waals surface area (Å²) in [5, 5.41) is 2.88. The lowest BCUT2D eigenvalue weighted by Gasteiger charge is -2.27. The number of carbonyl (C=O) groups is 2. The smallest absolute Gasteiger partial charge is 0.339 e. The number of hydrogen-bond acceptors (Lipinski definition) is 4. The van der Waals surface area contributed by atoms with Gasteiger partial charge in [-0.1, -0.05) is 48.5 Å². The molecule has 1 heterocycles. The van der Waals surface area contributed by atoms with Crippen LogP contribution in [0.1, 0.15) is 27.4 Å². The number of benzene rings is 3. The van der Waals surface area contributed by atoms with E-state index >= 15 is 0 Å². The van der Waals surface area contributed by atoms with E-state index in [9.17, 15) is 9.59 Å². The number of fused-ring (bicyclic) bond motifs is 2. The van der Waals surface area contributed by atoms with E-state index in [1.807, 2.05) is 48.5 Å². The molecule has 134 valence electrons. The maximum Gasteiger partial charge on any atom is 0.339 e. The normalized spacial score (nSPS) is 12.3. The second-order valence-corrected chi connectivity index (χ2v) is 6.14. The van der Waals surface area contributed by atoms with Gasteiger partial charge in [-0.15, -0.1) is 0 Å². The van der Waals surface area contributed by atoms with Crippen LogP contribution in [0.3, 0.4) is 0 Å². The molecule has 27 heavy (non-hydrogen) atoms. The van der Waals surface area contributed by atoms with Crippen molar-refractivity contribution >= 4 is 17.6 Å². The summed E-state index contributed by atoms with van der Waals surface area (Å²) in [5.74, 6) is 0.0142. The van der Waals surface area contributed by atoms with E-state index in [1.165, 1.54) is 7.11 Å². The molecule has 0 radical (unpaired) electrons. The Morgan fingerprint density at radius 1 is 0.852 bits per heavy atom. The summed E-state index contributed by atoms with van der Waals surface area (Å²) in [6.07, 6.45) is 0. The molecule has 0 aliphatic carbocycles. The van der Waals surface area contributed by atoms with Crippen molar-refractivity contribution in [3.05, 3.63) is 89.5 Å². The van der Waals surface area contributed by atoms with Crippen molar-refractivity contribution in [2.45, 2.75) is 5.92 Å². The van der Waals surface area contributed by atoms with Gasteiger partial charge in [-0.3, -0.25) is 4.79 Å². The Morgan fingerprint density at radius 3 is 2.04 bits per heavy atom. The first kappa shape index (κ1) is 16.8. The third-order valence-corrected chi connectivity index (χ3v) is 4.53. The Hall–Kier alpha value is -3.60. The fourth-order valence-corrected chi connectivity index (χ4v) is 3.28. The number of para-hydroxylation sites is 3. The molecule has 1 aliphatic heterocycles. The zero-order valence-electron chi connectivity index (χ0n) is 14.6. The number of hydrogen-bond donors (Lipinski definition) is 1. The second kappa shape index (κ2) is 6.96. The molecule has 1 aliphatic rings. The predicted molar refractivity (Wildman–Crippen MR) is 101 cm³/mol. The molecule has 5 heteroatoms. The lowest BCUT2D eigenvalue weighted by atomic mass is 9.87. The molecule has 0 aromatic heterocycles. The van der Waals surface area contributed by atoms with Crippen LogP contribution in [-0.4, -0.2) is 19.0 Å². The number of anilines is 1. The highest BCUT2D eigenvalue weighted by atomic mass is 16.5. The van der Waals surface area contributed by atoms with Gasteiger partial charge < -0.3 is 14.8 Å². The van der Waals surface area contributed by atoms with Crippen molar-refractivity contribution in [1.29, 1.82) is 0 Å². The summed E-state index contributed by atoms with van der Waals surface area (Å²) >= 11 is 0. The summed E-state index contributed by atoms with van der Waals surface area (Å²) in [7, 11) is 1.31. The van der Waals surface area contributed by atoms with Gasteiger partial charge in [-0.05, 0) is 24.3 Å². The summed E-state index contributed by atoms with van der Waals surface area (Å²) in [6, 6.07) is 21.7. The van der Waals surface area contributed by atoms with E-state index < -0.39 is 11.9 Å². The van der Waals surface area contributed by atoms with Gasteiger partial charge in [0.05, 0.1) is 24.3 Å². The molecule has 0 saturated carbocycles. The van der Waals surface area contributed by atoms with Crippen LogP contribution in [0.4, 0.5) is 5.69 Å². The minimum absolute atomic E-state index is 0.241. The van der Waals surface area contributed by atoms with Crippen LogP contribution < -0.4 is 10.1 Å². The van der Waals surface area contributed by atoms with Gasteiger partial charge in [-0.2, -0.15) is 0 Å². The number of methoxy groups -OCH3 is 1. The maximum atomic E-state index is 13.2. The van der Waals surface area contributed by atoms with E-state index in [2.05, 4.69) is 5.32 Å². The number of carbonyl (C=O) groups excluding carboxylic acids is 2. The van der Waals surface area contributed by atoms with E-state index in [-0.39, 0.29) is 5.91 Å². The summed E-state index contributed by atoms with van der Waals surface area (Å²) < 4.78 is 10.7. The zero-order valence-corrected chi connectivity index (χ0v) is 14.6. The maximum absolute atomic E-state index is 13.2. The standard InChI is InChI=1S/C22H17NO4/c1-26-22(25)14-8-2-5-11-17(14)23-21(24)20-15-9-3-6-12-18(15)27-19-13-7-4-10-16(19)20/h2-13,20H,1H3,(H,23,24). The topological polar surface area (TPSA) is 64.6 Å². The lowest BCUT2D eigenvalue weighted by molar-refractivity contribution is -0.116. The fourth-order valence-electron chi connectivity index (χ4n) is 3.28. The van der Waals surface area contributed by atoms with Gasteiger partial charge in [0, 0.05) is 11.1 Å². The Balaban J connectivity index is 1.74. The molecule has 0 spiro atoms. The van der Waals surface area contributed by atoms with Gasteiger partial charge in [0.1, 0.15) is 11.5 Å². The van der Waals surface area contributed by atoms with Gasteiger partial charge in [0.2, 0.25) is 5.91 Å². The highest BCUT2D eigenvalue weighted by molar-refractivity contribution is 6.04. The van der Waals surface area contributed by atoms with Crippen molar-refractivity contribution < 1.29 is 19.1 Å². The number of nitrogens with one attached hydrogen (secondary N) is 1. The first-order valence-corrected chi connectivity index (χ1v) is 8.53. The van der Waals surface area contributed by atoms with Gasteiger partial charge >= 0.3 is 5.97 Å². The second-order valence-electron chi connectivity index (χ2n) is 6.14. The average molecular weight is 359 g/mol. The lowest BCUT2D eigenvalue weighted by Crippen LogP contribution is -2.26. The van der Waals surface area contributed by atoms with Crippen LogP contribution in [0.25, 0.3) is 0 Å². The molecule has 0 fully saturated rings. The number of ether oxygens (including phenoxy) is 2. The molecule has 0 saturated heterocycles. The average Bonchev–Trinajstić information content (AvgIpc) is 2.71. The number of esters is 1. The predicted octanol–water partition coefficient (Wildman–Crippen LogP) is 4.35. The molecule has 1 amide bonds. The fraction of sp³-hybridized carbons (Fsp3) is 0.0909. The van der Waals surface area contributed by atoms with E-state index in [0.717, 1.165) is 11.1 Å². The van der Waals surface area contributed by atoms with Crippen LogP contribution in [0.5, 0.6) is 11.5 Å². The van der Waals surface area contributed by atoms with Crippen molar-refractivity contribution in [3.8, 4) is 11.5 Å². The van der Waals surface area contributed by atoms with Crippen LogP contribution in [0.15, 0.2) is 72.8 Å². The van der Waals surface area contributed by atoms with E-state index in [4.69, 9.17) is 9.47 Å². The summed E-state index contributed by atoms with van der Waals surface area (Å²) in [5.41, 5.74) is 2.28. The van der Waals surface area contributed by atoms with Crippen molar-refractivity contribution in [1.82, 2.24) is 0 Å². The molecule has 0 bridgehead atoms. The third kappa shape index (κ3) is 3.04. The Morgan fingerprint density at radius 2 is 1.41 bits per heavy atom.